The van der Waals surface area contributed by atoms with Gasteiger partial charge in [0, 0.05) is 24.3 Å². The van der Waals surface area contributed by atoms with Crippen molar-refractivity contribution in [3.05, 3.63) is 29.6 Å². The van der Waals surface area contributed by atoms with Crippen LogP contribution in [0.1, 0.15) is 22.5 Å². The first-order chi connectivity index (χ1) is 8.17. The molecule has 0 bridgehead atoms. The first-order valence-corrected chi connectivity index (χ1v) is 6.58. The predicted molar refractivity (Wildman–Crippen MR) is 70.5 cm³/mol. The third-order valence-electron chi connectivity index (χ3n) is 2.33. The van der Waals surface area contributed by atoms with E-state index in [0.29, 0.717) is 12.2 Å². The number of aromatic nitrogens is 1. The maximum absolute atomic E-state index is 11.9. The fraction of sp³-hybridized carbons (Fsp3) is 0.500. The van der Waals surface area contributed by atoms with E-state index in [0.717, 1.165) is 17.4 Å². The van der Waals surface area contributed by atoms with Crippen molar-refractivity contribution in [2.24, 2.45) is 0 Å². The minimum absolute atomic E-state index is 0.0215. The number of alkyl halides is 1. The van der Waals surface area contributed by atoms with Crippen LogP contribution in [-0.2, 0) is 4.74 Å². The summed E-state index contributed by atoms with van der Waals surface area (Å²) in [6, 6.07) is 3.62. The number of hydrogen-bond acceptors (Lipinski definition) is 3. The highest BCUT2D eigenvalue weighted by Gasteiger charge is 2.13. The van der Waals surface area contributed by atoms with Gasteiger partial charge in [0.05, 0.1) is 18.2 Å². The van der Waals surface area contributed by atoms with Crippen molar-refractivity contribution in [3.8, 4) is 0 Å². The monoisotopic (exact) mass is 300 g/mol. The van der Waals surface area contributed by atoms with Crippen LogP contribution in [0.3, 0.4) is 0 Å². The summed E-state index contributed by atoms with van der Waals surface area (Å²) >= 11 is 3.36. The Bertz CT molecular complexity index is 348. The van der Waals surface area contributed by atoms with Crippen molar-refractivity contribution in [2.45, 2.75) is 19.4 Å². The van der Waals surface area contributed by atoms with Crippen molar-refractivity contribution in [1.29, 1.82) is 0 Å². The number of methoxy groups -OCH3 is 1. The molecule has 4 nitrogen and oxygen atoms in total. The minimum Gasteiger partial charge on any atom is -0.383 e. The Morgan fingerprint density at radius 1 is 1.59 bits per heavy atom. The number of amides is 1. The Hall–Kier alpha value is -0.940. The van der Waals surface area contributed by atoms with E-state index in [2.05, 4.69) is 26.2 Å². The summed E-state index contributed by atoms with van der Waals surface area (Å²) in [6.45, 7) is 2.40. The van der Waals surface area contributed by atoms with E-state index in [-0.39, 0.29) is 11.9 Å². The smallest absolute Gasteiger partial charge is 0.253 e. The van der Waals surface area contributed by atoms with Crippen LogP contribution in [0.25, 0.3) is 0 Å². The maximum atomic E-state index is 11.9. The summed E-state index contributed by atoms with van der Waals surface area (Å²) in [5, 5.41) is 3.75. The molecule has 5 heteroatoms. The number of hydrogen-bond donors (Lipinski definition) is 1. The number of carbonyl (C=O) groups is 1. The second kappa shape index (κ2) is 7.40. The second-order valence-electron chi connectivity index (χ2n) is 3.79. The molecular formula is C12H17BrN2O2. The third-order valence-corrected chi connectivity index (χ3v) is 2.79. The number of carbonyl (C=O) groups excluding carboxylic acids is 1. The lowest BCUT2D eigenvalue weighted by molar-refractivity contribution is 0.0895. The van der Waals surface area contributed by atoms with Gasteiger partial charge in [-0.05, 0) is 25.5 Å². The van der Waals surface area contributed by atoms with Crippen molar-refractivity contribution in [3.63, 3.8) is 0 Å². The van der Waals surface area contributed by atoms with Crippen LogP contribution in [0, 0.1) is 6.92 Å². The molecule has 0 fully saturated rings. The summed E-state index contributed by atoms with van der Waals surface area (Å²) in [5.74, 6) is -0.111. The number of rotatable bonds is 6. The van der Waals surface area contributed by atoms with E-state index >= 15 is 0 Å². The maximum Gasteiger partial charge on any atom is 0.253 e. The molecule has 0 aromatic carbocycles. The number of nitrogens with one attached hydrogen (secondary N) is 1. The van der Waals surface area contributed by atoms with E-state index in [9.17, 15) is 4.79 Å². The fourth-order valence-electron chi connectivity index (χ4n) is 1.40. The Kier molecular flexibility index (Phi) is 6.15. The highest BCUT2D eigenvalue weighted by molar-refractivity contribution is 9.09. The van der Waals surface area contributed by atoms with Gasteiger partial charge in [-0.25, -0.2) is 0 Å². The van der Waals surface area contributed by atoms with Crippen molar-refractivity contribution >= 4 is 21.8 Å². The van der Waals surface area contributed by atoms with Crippen LogP contribution < -0.4 is 5.32 Å². The number of halogens is 1. The van der Waals surface area contributed by atoms with Gasteiger partial charge in [-0.1, -0.05) is 15.9 Å². The van der Waals surface area contributed by atoms with Crippen LogP contribution >= 0.6 is 15.9 Å². The molecule has 1 aromatic heterocycles. The van der Waals surface area contributed by atoms with Crippen molar-refractivity contribution in [1.82, 2.24) is 10.3 Å². The zero-order valence-electron chi connectivity index (χ0n) is 10.1. The summed E-state index contributed by atoms with van der Waals surface area (Å²) in [4.78, 5) is 16.0. The van der Waals surface area contributed by atoms with E-state index in [4.69, 9.17) is 4.74 Å². The molecule has 0 aliphatic rings. The normalized spacial score (nSPS) is 12.2. The summed E-state index contributed by atoms with van der Waals surface area (Å²) in [6.07, 6.45) is 2.42. The first kappa shape index (κ1) is 14.1. The zero-order valence-corrected chi connectivity index (χ0v) is 11.7. The van der Waals surface area contributed by atoms with Gasteiger partial charge in [-0.3, -0.25) is 9.78 Å². The molecule has 0 aliphatic carbocycles. The number of pyridine rings is 1. The van der Waals surface area contributed by atoms with E-state index in [1.165, 1.54) is 0 Å². The molecule has 1 atom stereocenters. The Morgan fingerprint density at radius 3 is 2.88 bits per heavy atom. The summed E-state index contributed by atoms with van der Waals surface area (Å²) < 4.78 is 5.06. The highest BCUT2D eigenvalue weighted by atomic mass is 79.9. The topological polar surface area (TPSA) is 51.2 Å². The third kappa shape index (κ3) is 4.83. The molecule has 1 aromatic rings. The molecule has 1 heterocycles. The zero-order chi connectivity index (χ0) is 12.7. The molecule has 1 amide bonds. The average Bonchev–Trinajstić information content (AvgIpc) is 2.30. The number of ether oxygens (including phenoxy) is 1. The molecule has 0 aliphatic heterocycles. The lowest BCUT2D eigenvalue weighted by atomic mass is 10.2. The first-order valence-electron chi connectivity index (χ1n) is 5.45. The minimum atomic E-state index is -0.111. The van der Waals surface area contributed by atoms with Gasteiger partial charge in [0.15, 0.2) is 0 Å². The molecule has 1 N–H and O–H groups in total. The Balaban J connectivity index is 2.60. The lowest BCUT2D eigenvalue weighted by Gasteiger charge is -2.16. The van der Waals surface area contributed by atoms with Gasteiger partial charge in [0.2, 0.25) is 0 Å². The van der Waals surface area contributed by atoms with E-state index < -0.39 is 0 Å². The number of nitrogens with zero attached hydrogens (tertiary/aromatic N) is 1. The lowest BCUT2D eigenvalue weighted by Crippen LogP contribution is -2.38. The molecule has 0 saturated carbocycles. The molecule has 94 valence electrons. The van der Waals surface area contributed by atoms with Gasteiger partial charge in [0.25, 0.3) is 5.91 Å². The van der Waals surface area contributed by atoms with Crippen LogP contribution in [0.5, 0.6) is 0 Å². The molecule has 0 spiro atoms. The fourth-order valence-corrected chi connectivity index (χ4v) is 1.95. The van der Waals surface area contributed by atoms with Gasteiger partial charge < -0.3 is 10.1 Å². The van der Waals surface area contributed by atoms with Gasteiger partial charge in [-0.15, -0.1) is 0 Å². The van der Waals surface area contributed by atoms with Crippen molar-refractivity contribution in [2.75, 3.05) is 19.0 Å². The van der Waals surface area contributed by atoms with Crippen LogP contribution in [0.2, 0.25) is 0 Å². The number of aryl methyl sites for hydroxylation is 1. The molecule has 17 heavy (non-hydrogen) atoms. The van der Waals surface area contributed by atoms with Gasteiger partial charge in [-0.2, -0.15) is 0 Å². The average molecular weight is 301 g/mol. The van der Waals surface area contributed by atoms with Crippen molar-refractivity contribution < 1.29 is 9.53 Å². The molecule has 0 radical (unpaired) electrons. The van der Waals surface area contributed by atoms with E-state index in [1.54, 1.807) is 19.4 Å². The second-order valence-corrected chi connectivity index (χ2v) is 4.58. The quantitative estimate of drug-likeness (QED) is 0.817. The SMILES string of the molecule is COCC(CCBr)NC(=O)c1ccc(C)nc1. The van der Waals surface area contributed by atoms with E-state index in [1.807, 2.05) is 13.0 Å². The highest BCUT2D eigenvalue weighted by Crippen LogP contribution is 2.02. The van der Waals surface area contributed by atoms with Crippen LogP contribution in [0.4, 0.5) is 0 Å². The predicted octanol–water partition coefficient (Wildman–Crippen LogP) is 1.92. The molecule has 1 rings (SSSR count). The van der Waals surface area contributed by atoms with Gasteiger partial charge >= 0.3 is 0 Å². The molecular weight excluding hydrogens is 284 g/mol. The summed E-state index contributed by atoms with van der Waals surface area (Å²) in [7, 11) is 1.63. The van der Waals surface area contributed by atoms with Crippen LogP contribution in [0.15, 0.2) is 18.3 Å². The van der Waals surface area contributed by atoms with Gasteiger partial charge in [0.1, 0.15) is 0 Å². The molecule has 1 unspecified atom stereocenters. The standard InChI is InChI=1S/C12H17BrN2O2/c1-9-3-4-10(7-14-9)12(16)15-11(5-6-13)8-17-2/h3-4,7,11H,5-6,8H2,1-2H3,(H,15,16). The molecule has 0 saturated heterocycles. The largest absolute Gasteiger partial charge is 0.383 e. The Labute approximate surface area is 110 Å². The summed E-state index contributed by atoms with van der Waals surface area (Å²) in [5.41, 5.74) is 1.47. The van der Waals surface area contributed by atoms with Crippen LogP contribution in [-0.4, -0.2) is 36.0 Å². The Morgan fingerprint density at radius 2 is 2.35 bits per heavy atom.